The van der Waals surface area contributed by atoms with Gasteiger partial charge < -0.3 is 14.6 Å². The van der Waals surface area contributed by atoms with Gasteiger partial charge in [0.2, 0.25) is 5.91 Å². The van der Waals surface area contributed by atoms with Crippen LogP contribution in [0.1, 0.15) is 31.2 Å². The number of rotatable bonds is 7. The fraction of sp³-hybridized carbons (Fsp3) is 0.364. The molecule has 1 aliphatic rings. The number of aromatic nitrogens is 1. The molecule has 3 aromatic rings. The number of hydrogen-bond donors (Lipinski definition) is 1. The molecule has 2 aromatic carbocycles. The van der Waals surface area contributed by atoms with Gasteiger partial charge in [-0.05, 0) is 43.5 Å². The van der Waals surface area contributed by atoms with Gasteiger partial charge in [0.25, 0.3) is 5.69 Å². The summed E-state index contributed by atoms with van der Waals surface area (Å²) in [6.45, 7) is 1.49. The number of halogens is 3. The van der Waals surface area contributed by atoms with Crippen molar-refractivity contribution in [2.24, 2.45) is 0 Å². The normalized spacial score (nSPS) is 14.0. The zero-order chi connectivity index (χ0) is 24.5. The van der Waals surface area contributed by atoms with Crippen molar-refractivity contribution in [3.8, 4) is 0 Å². The van der Waals surface area contributed by atoms with E-state index in [4.69, 9.17) is 4.42 Å². The number of aryl methyl sites for hydroxylation is 1. The molecule has 0 spiro atoms. The molecule has 9 nitrogen and oxygen atoms in total. The van der Waals surface area contributed by atoms with Crippen LogP contribution in [0.2, 0.25) is 0 Å². The molecule has 0 atom stereocenters. The molecular formula is C22H21F3N4O5. The molecule has 1 aromatic heterocycles. The fourth-order valence-electron chi connectivity index (χ4n) is 4.04. The van der Waals surface area contributed by atoms with Crippen molar-refractivity contribution in [1.29, 1.82) is 0 Å². The molecule has 0 aliphatic carbocycles. The van der Waals surface area contributed by atoms with E-state index in [0.717, 1.165) is 31.0 Å². The SMILES string of the molecule is O=C(CCCn1c(=O)oc2cc([N+](=O)[O-])ccc21)Nc1cc(C(F)(F)F)ccc1N1CCCC1. The predicted octanol–water partition coefficient (Wildman–Crippen LogP) is 4.54. The van der Waals surface area contributed by atoms with Crippen molar-refractivity contribution in [2.75, 3.05) is 23.3 Å². The predicted molar refractivity (Wildman–Crippen MR) is 118 cm³/mol. The highest BCUT2D eigenvalue weighted by atomic mass is 19.4. The second kappa shape index (κ2) is 9.20. The number of amides is 1. The topological polar surface area (TPSA) is 111 Å². The van der Waals surface area contributed by atoms with Gasteiger partial charge in [0.1, 0.15) is 0 Å². The van der Waals surface area contributed by atoms with Gasteiger partial charge in [-0.3, -0.25) is 19.5 Å². The second-order valence-corrected chi connectivity index (χ2v) is 8.00. The zero-order valence-corrected chi connectivity index (χ0v) is 17.9. The Morgan fingerprint density at radius 3 is 2.56 bits per heavy atom. The molecule has 1 fully saturated rings. The number of nitro benzene ring substituents is 1. The van der Waals surface area contributed by atoms with E-state index in [1.165, 1.54) is 22.8 Å². The first-order valence-corrected chi connectivity index (χ1v) is 10.7. The zero-order valence-electron chi connectivity index (χ0n) is 17.9. The molecule has 1 aliphatic heterocycles. The highest BCUT2D eigenvalue weighted by Gasteiger charge is 2.32. The fourth-order valence-corrected chi connectivity index (χ4v) is 4.04. The number of anilines is 2. The van der Waals surface area contributed by atoms with Crippen molar-refractivity contribution in [3.05, 3.63) is 62.6 Å². The molecule has 34 heavy (non-hydrogen) atoms. The van der Waals surface area contributed by atoms with Gasteiger partial charge in [0.05, 0.1) is 33.4 Å². The van der Waals surface area contributed by atoms with Crippen LogP contribution in [0, 0.1) is 10.1 Å². The summed E-state index contributed by atoms with van der Waals surface area (Å²) in [4.78, 5) is 36.9. The Balaban J connectivity index is 1.46. The van der Waals surface area contributed by atoms with Gasteiger partial charge in [0.15, 0.2) is 5.58 Å². The quantitative estimate of drug-likeness (QED) is 0.394. The van der Waals surface area contributed by atoms with Gasteiger partial charge in [-0.1, -0.05) is 0 Å². The van der Waals surface area contributed by atoms with Gasteiger partial charge >= 0.3 is 11.9 Å². The van der Waals surface area contributed by atoms with E-state index in [2.05, 4.69) is 5.32 Å². The Morgan fingerprint density at radius 1 is 1.15 bits per heavy atom. The number of carbonyl (C=O) groups is 1. The van der Waals surface area contributed by atoms with E-state index < -0.39 is 28.3 Å². The number of nitrogens with one attached hydrogen (secondary N) is 1. The van der Waals surface area contributed by atoms with E-state index in [1.807, 2.05) is 4.90 Å². The number of non-ortho nitro benzene ring substituents is 1. The van der Waals surface area contributed by atoms with Crippen LogP contribution >= 0.6 is 0 Å². The summed E-state index contributed by atoms with van der Waals surface area (Å²) in [5.74, 6) is -1.21. The third-order valence-electron chi connectivity index (χ3n) is 5.69. The molecule has 1 saturated heterocycles. The molecule has 2 heterocycles. The lowest BCUT2D eigenvalue weighted by Crippen LogP contribution is -2.22. The lowest BCUT2D eigenvalue weighted by Gasteiger charge is -2.23. The van der Waals surface area contributed by atoms with Crippen LogP contribution < -0.4 is 16.0 Å². The second-order valence-electron chi connectivity index (χ2n) is 8.00. The van der Waals surface area contributed by atoms with Crippen molar-refractivity contribution in [3.63, 3.8) is 0 Å². The maximum atomic E-state index is 13.2. The summed E-state index contributed by atoms with van der Waals surface area (Å²) < 4.78 is 45.9. The Morgan fingerprint density at radius 2 is 1.88 bits per heavy atom. The number of hydrogen-bond acceptors (Lipinski definition) is 6. The molecule has 1 amide bonds. The van der Waals surface area contributed by atoms with E-state index >= 15 is 0 Å². The van der Waals surface area contributed by atoms with E-state index in [0.29, 0.717) is 24.3 Å². The van der Waals surface area contributed by atoms with Crippen LogP contribution in [0.5, 0.6) is 0 Å². The lowest BCUT2D eigenvalue weighted by atomic mass is 10.1. The molecular weight excluding hydrogens is 457 g/mol. The highest BCUT2D eigenvalue weighted by molar-refractivity contribution is 5.94. The van der Waals surface area contributed by atoms with Crippen molar-refractivity contribution in [1.82, 2.24) is 4.57 Å². The minimum Gasteiger partial charge on any atom is -0.407 e. The van der Waals surface area contributed by atoms with E-state index in [9.17, 15) is 32.9 Å². The monoisotopic (exact) mass is 478 g/mol. The molecule has 1 N–H and O–H groups in total. The van der Waals surface area contributed by atoms with Crippen molar-refractivity contribution < 1.29 is 27.3 Å². The van der Waals surface area contributed by atoms with Gasteiger partial charge in [-0.25, -0.2) is 4.79 Å². The Bertz CT molecular complexity index is 1290. The van der Waals surface area contributed by atoms with E-state index in [-0.39, 0.29) is 36.3 Å². The Labute approximate surface area is 190 Å². The Kier molecular flexibility index (Phi) is 6.31. The first kappa shape index (κ1) is 23.3. The molecule has 4 rings (SSSR count). The molecule has 0 saturated carbocycles. The van der Waals surface area contributed by atoms with Crippen LogP contribution in [-0.4, -0.2) is 28.5 Å². The summed E-state index contributed by atoms with van der Waals surface area (Å²) in [6.07, 6.45) is -2.55. The average Bonchev–Trinajstić information content (AvgIpc) is 3.40. The van der Waals surface area contributed by atoms with Crippen LogP contribution in [0.3, 0.4) is 0 Å². The highest BCUT2D eigenvalue weighted by Crippen LogP contribution is 2.36. The molecule has 0 bridgehead atoms. The van der Waals surface area contributed by atoms with E-state index in [1.54, 1.807) is 0 Å². The largest absolute Gasteiger partial charge is 0.419 e. The summed E-state index contributed by atoms with van der Waals surface area (Å²) in [5, 5.41) is 13.5. The third-order valence-corrected chi connectivity index (χ3v) is 5.69. The summed E-state index contributed by atoms with van der Waals surface area (Å²) in [5.41, 5.74) is -0.0236. The van der Waals surface area contributed by atoms with Crippen LogP contribution in [0.25, 0.3) is 11.1 Å². The minimum atomic E-state index is -4.54. The smallest absolute Gasteiger partial charge is 0.407 e. The van der Waals surface area contributed by atoms with Crippen LogP contribution in [0.4, 0.5) is 30.2 Å². The third kappa shape index (κ3) is 4.90. The van der Waals surface area contributed by atoms with Crippen LogP contribution in [0.15, 0.2) is 45.6 Å². The first-order valence-electron chi connectivity index (χ1n) is 10.7. The average molecular weight is 478 g/mol. The minimum absolute atomic E-state index is 0.0538. The van der Waals surface area contributed by atoms with Gasteiger partial charge in [0, 0.05) is 32.1 Å². The molecule has 0 unspecified atom stereocenters. The number of nitro groups is 1. The maximum Gasteiger partial charge on any atom is 0.419 e. The summed E-state index contributed by atoms with van der Waals surface area (Å²) in [6, 6.07) is 7.10. The Hall–Kier alpha value is -3.83. The number of fused-ring (bicyclic) bond motifs is 1. The first-order chi connectivity index (χ1) is 16.1. The van der Waals surface area contributed by atoms with Crippen LogP contribution in [-0.2, 0) is 17.5 Å². The standard InChI is InChI=1S/C22H21F3N4O5/c23-22(24,25)14-5-7-17(27-9-1-2-10-27)16(12-14)26-20(30)4-3-11-28-18-8-6-15(29(32)33)13-19(18)34-21(28)31/h5-8,12-13H,1-4,9-11H2,(H,26,30). The summed E-state index contributed by atoms with van der Waals surface area (Å²) in [7, 11) is 0. The van der Waals surface area contributed by atoms with Gasteiger partial charge in [-0.15, -0.1) is 0 Å². The molecule has 0 radical (unpaired) electrons. The number of benzene rings is 2. The number of alkyl halides is 3. The molecule has 12 heteroatoms. The molecule has 180 valence electrons. The number of carbonyl (C=O) groups excluding carboxylic acids is 1. The summed E-state index contributed by atoms with van der Waals surface area (Å²) >= 11 is 0. The van der Waals surface area contributed by atoms with Crippen molar-refractivity contribution in [2.45, 2.75) is 38.4 Å². The van der Waals surface area contributed by atoms with Crippen molar-refractivity contribution >= 4 is 34.1 Å². The number of nitrogens with zero attached hydrogens (tertiary/aromatic N) is 3. The number of oxazole rings is 1. The van der Waals surface area contributed by atoms with Gasteiger partial charge in [-0.2, -0.15) is 13.2 Å². The maximum absolute atomic E-state index is 13.2. The lowest BCUT2D eigenvalue weighted by molar-refractivity contribution is -0.384.